The minimum atomic E-state index is -0.513. The van der Waals surface area contributed by atoms with Gasteiger partial charge in [-0.2, -0.15) is 0 Å². The van der Waals surface area contributed by atoms with Crippen molar-refractivity contribution in [2.45, 2.75) is 25.7 Å². The Kier molecular flexibility index (Phi) is 5.86. The highest BCUT2D eigenvalue weighted by atomic mass is 35.5. The predicted octanol–water partition coefficient (Wildman–Crippen LogP) is 4.72. The number of carbonyl (C=O) groups excluding carboxylic acids is 2. The molecule has 0 atom stereocenters. The first kappa shape index (κ1) is 20.2. The molecule has 7 heteroatoms. The number of carbonyl (C=O) groups is 2. The van der Waals surface area contributed by atoms with Crippen LogP contribution >= 0.6 is 11.6 Å². The number of hydrogen-bond donors (Lipinski definition) is 0. The summed E-state index contributed by atoms with van der Waals surface area (Å²) in [4.78, 5) is 31.4. The molecule has 6 nitrogen and oxygen atoms in total. The van der Waals surface area contributed by atoms with E-state index in [4.69, 9.17) is 21.1 Å². The van der Waals surface area contributed by atoms with Crippen LogP contribution in [0.5, 0.6) is 11.5 Å². The Morgan fingerprint density at radius 2 is 1.90 bits per heavy atom. The minimum Gasteiger partial charge on any atom is -0.493 e. The Morgan fingerprint density at radius 1 is 1.10 bits per heavy atom. The molecule has 2 aliphatic heterocycles. The summed E-state index contributed by atoms with van der Waals surface area (Å²) in [6, 6.07) is 11.6. The molecule has 30 heavy (non-hydrogen) atoms. The molecule has 0 N–H and O–H groups in total. The fraction of sp³-hybridized carbons (Fsp3) is 0.261. The maximum Gasteiger partial charge on any atom is 0.343 e. The van der Waals surface area contributed by atoms with E-state index in [9.17, 15) is 9.59 Å². The molecule has 0 radical (unpaired) electrons. The lowest BCUT2D eigenvalue weighted by molar-refractivity contribution is -0.122. The van der Waals surface area contributed by atoms with Crippen molar-refractivity contribution < 1.29 is 19.1 Å². The zero-order valence-corrected chi connectivity index (χ0v) is 17.3. The van der Waals surface area contributed by atoms with Crippen molar-refractivity contribution >= 4 is 35.4 Å². The summed E-state index contributed by atoms with van der Waals surface area (Å²) < 4.78 is 10.9. The van der Waals surface area contributed by atoms with Gasteiger partial charge in [-0.3, -0.25) is 9.69 Å². The number of amides is 1. The third-order valence-corrected chi connectivity index (χ3v) is 5.33. The van der Waals surface area contributed by atoms with Gasteiger partial charge in [-0.25, -0.2) is 9.79 Å². The second-order valence-corrected chi connectivity index (χ2v) is 7.57. The first-order valence-electron chi connectivity index (χ1n) is 9.82. The highest BCUT2D eigenvalue weighted by molar-refractivity contribution is 6.30. The summed E-state index contributed by atoms with van der Waals surface area (Å²) in [5.74, 6) is 0.951. The van der Waals surface area contributed by atoms with E-state index in [-0.39, 0.29) is 11.7 Å². The van der Waals surface area contributed by atoms with Crippen LogP contribution in [0.25, 0.3) is 6.08 Å². The van der Waals surface area contributed by atoms with E-state index in [0.717, 1.165) is 43.6 Å². The summed E-state index contributed by atoms with van der Waals surface area (Å²) in [6.07, 6.45) is 5.73. The molecular weight excluding hydrogens is 404 g/mol. The third kappa shape index (κ3) is 4.24. The molecule has 0 spiro atoms. The zero-order valence-electron chi connectivity index (χ0n) is 16.6. The number of fused-ring (bicyclic) bond motifs is 1. The number of benzene rings is 2. The minimum absolute atomic E-state index is 0.0656. The predicted molar refractivity (Wildman–Crippen MR) is 115 cm³/mol. The Balaban J connectivity index is 1.55. The van der Waals surface area contributed by atoms with Crippen LogP contribution < -0.4 is 9.47 Å². The van der Waals surface area contributed by atoms with Crippen molar-refractivity contribution in [3.8, 4) is 11.5 Å². The van der Waals surface area contributed by atoms with Gasteiger partial charge in [0.1, 0.15) is 11.5 Å². The molecule has 2 heterocycles. The van der Waals surface area contributed by atoms with E-state index in [0.29, 0.717) is 22.0 Å². The fourth-order valence-corrected chi connectivity index (χ4v) is 3.63. The average Bonchev–Trinajstić information content (AvgIpc) is 2.91. The number of ether oxygens (including phenoxy) is 2. The van der Waals surface area contributed by atoms with Crippen LogP contribution in [0.3, 0.4) is 0 Å². The molecule has 0 aliphatic carbocycles. The SMILES string of the molecule is COc1cc(/C=C2\N=C3CCCCCN3C2=O)ccc1OC(=O)c1ccc(Cl)cc1. The number of methoxy groups -OCH3 is 1. The highest BCUT2D eigenvalue weighted by Crippen LogP contribution is 2.31. The number of nitrogens with zero attached hydrogens (tertiary/aromatic N) is 2. The molecule has 2 aromatic rings. The van der Waals surface area contributed by atoms with E-state index in [1.807, 2.05) is 0 Å². The molecule has 2 aromatic carbocycles. The summed E-state index contributed by atoms with van der Waals surface area (Å²) in [5.41, 5.74) is 1.54. The monoisotopic (exact) mass is 424 g/mol. The Hall–Kier alpha value is -3.12. The van der Waals surface area contributed by atoms with E-state index >= 15 is 0 Å². The van der Waals surface area contributed by atoms with Crippen LogP contribution in [-0.2, 0) is 4.79 Å². The fourth-order valence-electron chi connectivity index (χ4n) is 3.51. The highest BCUT2D eigenvalue weighted by Gasteiger charge is 2.30. The van der Waals surface area contributed by atoms with Gasteiger partial charge < -0.3 is 9.47 Å². The second-order valence-electron chi connectivity index (χ2n) is 7.13. The van der Waals surface area contributed by atoms with Crippen molar-refractivity contribution in [2.24, 2.45) is 4.99 Å². The molecule has 0 aromatic heterocycles. The summed E-state index contributed by atoms with van der Waals surface area (Å²) >= 11 is 5.86. The summed E-state index contributed by atoms with van der Waals surface area (Å²) in [6.45, 7) is 0.720. The number of rotatable bonds is 4. The standard InChI is InChI=1S/C23H21ClN2O4/c1-29-20-14-15(13-18-22(27)26-12-4-2-3-5-21(26)25-18)6-11-19(20)30-23(28)16-7-9-17(24)10-8-16/h6-11,13-14H,2-5,12H2,1H3/b18-13-. The van der Waals surface area contributed by atoms with Crippen molar-refractivity contribution in [1.82, 2.24) is 4.90 Å². The van der Waals surface area contributed by atoms with Gasteiger partial charge in [-0.05, 0) is 60.9 Å². The molecule has 0 bridgehead atoms. The smallest absolute Gasteiger partial charge is 0.343 e. The molecule has 1 fully saturated rings. The van der Waals surface area contributed by atoms with Gasteiger partial charge >= 0.3 is 5.97 Å². The Morgan fingerprint density at radius 3 is 2.67 bits per heavy atom. The van der Waals surface area contributed by atoms with Gasteiger partial charge in [-0.15, -0.1) is 0 Å². The lowest BCUT2D eigenvalue weighted by Gasteiger charge is -2.14. The molecule has 4 rings (SSSR count). The first-order valence-corrected chi connectivity index (χ1v) is 10.2. The molecule has 154 valence electrons. The van der Waals surface area contributed by atoms with E-state index < -0.39 is 5.97 Å². The number of esters is 1. The topological polar surface area (TPSA) is 68.2 Å². The number of hydrogen-bond acceptors (Lipinski definition) is 5. The van der Waals surface area contributed by atoms with E-state index in [2.05, 4.69) is 4.99 Å². The van der Waals surface area contributed by atoms with Crippen LogP contribution in [0.4, 0.5) is 0 Å². The van der Waals surface area contributed by atoms with Gasteiger partial charge in [-0.1, -0.05) is 24.1 Å². The molecular formula is C23H21ClN2O4. The second kappa shape index (κ2) is 8.71. The lowest BCUT2D eigenvalue weighted by atomic mass is 10.1. The normalized spacial score (nSPS) is 17.4. The van der Waals surface area contributed by atoms with Crippen LogP contribution in [0.15, 0.2) is 53.2 Å². The number of aliphatic imine (C=N–C) groups is 1. The van der Waals surface area contributed by atoms with Gasteiger partial charge in [0.05, 0.1) is 12.7 Å². The third-order valence-electron chi connectivity index (χ3n) is 5.08. The largest absolute Gasteiger partial charge is 0.493 e. The molecule has 1 saturated heterocycles. The molecule has 0 unspecified atom stereocenters. The summed E-state index contributed by atoms with van der Waals surface area (Å²) in [5, 5.41) is 0.540. The summed E-state index contributed by atoms with van der Waals surface area (Å²) in [7, 11) is 1.50. The lowest BCUT2D eigenvalue weighted by Crippen LogP contribution is -2.31. The van der Waals surface area contributed by atoms with Crippen LogP contribution in [0.1, 0.15) is 41.6 Å². The zero-order chi connectivity index (χ0) is 21.1. The number of halogens is 1. The Labute approximate surface area is 179 Å². The van der Waals surface area contributed by atoms with Crippen molar-refractivity contribution in [3.63, 3.8) is 0 Å². The van der Waals surface area contributed by atoms with Crippen LogP contribution in [0.2, 0.25) is 5.02 Å². The van der Waals surface area contributed by atoms with Gasteiger partial charge in [0.2, 0.25) is 0 Å². The van der Waals surface area contributed by atoms with E-state index in [1.165, 1.54) is 7.11 Å². The quantitative estimate of drug-likeness (QED) is 0.404. The van der Waals surface area contributed by atoms with Gasteiger partial charge in [0.25, 0.3) is 5.91 Å². The Bertz CT molecular complexity index is 1040. The molecule has 1 amide bonds. The van der Waals surface area contributed by atoms with Crippen molar-refractivity contribution in [2.75, 3.05) is 13.7 Å². The van der Waals surface area contributed by atoms with Gasteiger partial charge in [0, 0.05) is 18.0 Å². The maximum absolute atomic E-state index is 12.7. The van der Waals surface area contributed by atoms with Crippen LogP contribution in [0, 0.1) is 0 Å². The van der Waals surface area contributed by atoms with Gasteiger partial charge in [0.15, 0.2) is 11.5 Å². The average molecular weight is 425 g/mol. The number of amidine groups is 1. The molecule has 0 saturated carbocycles. The van der Waals surface area contributed by atoms with E-state index in [1.54, 1.807) is 53.4 Å². The van der Waals surface area contributed by atoms with Crippen molar-refractivity contribution in [3.05, 3.63) is 64.3 Å². The first-order chi connectivity index (χ1) is 14.5. The maximum atomic E-state index is 12.7. The molecule has 2 aliphatic rings. The van der Waals surface area contributed by atoms with Crippen molar-refractivity contribution in [1.29, 1.82) is 0 Å². The van der Waals surface area contributed by atoms with Crippen LogP contribution in [-0.4, -0.2) is 36.3 Å².